The summed E-state index contributed by atoms with van der Waals surface area (Å²) in [5, 5.41) is 0. The highest BCUT2D eigenvalue weighted by Gasteiger charge is 2.49. The van der Waals surface area contributed by atoms with Gasteiger partial charge in [-0.2, -0.15) is 0 Å². The van der Waals surface area contributed by atoms with Gasteiger partial charge in [-0.05, 0) is 62.5 Å². The first-order valence-electron chi connectivity index (χ1n) is 12.4. The third-order valence-electron chi connectivity index (χ3n) is 8.25. The van der Waals surface area contributed by atoms with Crippen molar-refractivity contribution in [2.24, 2.45) is 5.41 Å². The van der Waals surface area contributed by atoms with Crippen molar-refractivity contribution >= 4 is 11.7 Å². The molecule has 2 aromatic rings. The summed E-state index contributed by atoms with van der Waals surface area (Å²) in [7, 11) is 1.64. The summed E-state index contributed by atoms with van der Waals surface area (Å²) in [6.45, 7) is 3.26. The van der Waals surface area contributed by atoms with Crippen molar-refractivity contribution in [1.29, 1.82) is 0 Å². The topological polar surface area (TPSA) is 105 Å². The number of likely N-dealkylation sites (tertiary alicyclic amines) is 2. The Hall–Kier alpha value is -3.04. The van der Waals surface area contributed by atoms with E-state index in [1.165, 1.54) is 0 Å². The van der Waals surface area contributed by atoms with E-state index in [0.29, 0.717) is 44.1 Å². The van der Waals surface area contributed by atoms with Gasteiger partial charge in [0.05, 0.1) is 44.2 Å². The maximum Gasteiger partial charge on any atom is 0.256 e. The molecule has 3 aliphatic heterocycles. The maximum atomic E-state index is 13.3. The number of ketones is 1. The zero-order valence-electron chi connectivity index (χ0n) is 20.0. The molecule has 4 heterocycles. The average molecular weight is 479 g/mol. The molecule has 1 amide bonds. The number of H-pyrrole nitrogens is 1. The van der Waals surface area contributed by atoms with Crippen molar-refractivity contribution in [3.05, 3.63) is 56.8 Å². The molecule has 2 saturated heterocycles. The number of nitrogens with one attached hydrogen (secondary N) is 1. The molecule has 1 aliphatic carbocycles. The van der Waals surface area contributed by atoms with Gasteiger partial charge in [-0.3, -0.25) is 19.3 Å². The van der Waals surface area contributed by atoms with Gasteiger partial charge >= 0.3 is 0 Å². The zero-order chi connectivity index (χ0) is 24.2. The van der Waals surface area contributed by atoms with Crippen LogP contribution in [0.15, 0.2) is 23.0 Å². The number of fused-ring (bicyclic) bond motifs is 2. The van der Waals surface area contributed by atoms with Gasteiger partial charge in [0, 0.05) is 23.9 Å². The number of carbonyl (C=O) groups excluding carboxylic acids is 2. The molecule has 0 radical (unpaired) electrons. The smallest absolute Gasteiger partial charge is 0.256 e. The number of aromatic amines is 1. The van der Waals surface area contributed by atoms with Crippen molar-refractivity contribution in [3.63, 3.8) is 0 Å². The summed E-state index contributed by atoms with van der Waals surface area (Å²) >= 11 is 0. The minimum absolute atomic E-state index is 0.0791. The van der Waals surface area contributed by atoms with E-state index in [4.69, 9.17) is 9.47 Å². The molecule has 9 heteroatoms. The summed E-state index contributed by atoms with van der Waals surface area (Å²) in [5.41, 5.74) is 2.73. The largest absolute Gasteiger partial charge is 0.497 e. The van der Waals surface area contributed by atoms with E-state index in [9.17, 15) is 14.4 Å². The third kappa shape index (κ3) is 3.77. The normalized spacial score (nSPS) is 23.6. The first kappa shape index (κ1) is 22.4. The van der Waals surface area contributed by atoms with Crippen LogP contribution < -0.4 is 10.3 Å². The van der Waals surface area contributed by atoms with Crippen LogP contribution in [0.2, 0.25) is 0 Å². The van der Waals surface area contributed by atoms with Crippen LogP contribution in [-0.2, 0) is 35.5 Å². The van der Waals surface area contributed by atoms with Crippen molar-refractivity contribution in [1.82, 2.24) is 19.8 Å². The Morgan fingerprint density at radius 3 is 2.83 bits per heavy atom. The number of hydrogen-bond acceptors (Lipinski definition) is 7. The van der Waals surface area contributed by atoms with E-state index in [1.807, 2.05) is 18.2 Å². The number of Topliss-reactive ketones (excluding diaryl/α,β-unsaturated/α-hetero) is 1. The molecule has 1 N–H and O–H groups in total. The summed E-state index contributed by atoms with van der Waals surface area (Å²) in [5.74, 6) is 1.63. The monoisotopic (exact) mass is 478 g/mol. The first-order valence-corrected chi connectivity index (χ1v) is 12.4. The molecule has 0 saturated carbocycles. The zero-order valence-corrected chi connectivity index (χ0v) is 20.0. The minimum atomic E-state index is -0.358. The van der Waals surface area contributed by atoms with E-state index >= 15 is 0 Å². The van der Waals surface area contributed by atoms with E-state index in [-0.39, 0.29) is 28.7 Å². The number of ether oxygens (including phenoxy) is 2. The molecule has 6 rings (SSSR count). The fourth-order valence-electron chi connectivity index (χ4n) is 6.23. The fraction of sp³-hybridized carbons (Fsp3) is 0.538. The standard InChI is InChI=1S/C26H30N4O5/c1-34-17-2-3-18-16(12-17)13-26(23(18)31)6-9-29(10-7-26)21-4-8-30(25(21)33)14-22-27-20-5-11-35-15-19(20)24(32)28-22/h2-3,12,21H,4-11,13-15H2,1H3,(H,27,28,32)/t21-/m0/s1. The highest BCUT2D eigenvalue weighted by atomic mass is 16.5. The van der Waals surface area contributed by atoms with Crippen LogP contribution in [0.5, 0.6) is 5.75 Å². The van der Waals surface area contributed by atoms with E-state index < -0.39 is 0 Å². The Labute approximate surface area is 203 Å². The second kappa shape index (κ2) is 8.57. The molecular formula is C26H30N4O5. The molecule has 2 fully saturated rings. The molecule has 1 spiro atoms. The molecule has 0 bridgehead atoms. The van der Waals surface area contributed by atoms with Crippen molar-refractivity contribution in [2.75, 3.05) is 33.4 Å². The predicted octanol–water partition coefficient (Wildman–Crippen LogP) is 1.47. The molecule has 0 unspecified atom stereocenters. The number of hydrogen-bond donors (Lipinski definition) is 1. The summed E-state index contributed by atoms with van der Waals surface area (Å²) in [6.07, 6.45) is 3.63. The molecular weight excluding hydrogens is 448 g/mol. The first-order chi connectivity index (χ1) is 17.0. The Morgan fingerprint density at radius 2 is 2.03 bits per heavy atom. The Balaban J connectivity index is 1.11. The quantitative estimate of drug-likeness (QED) is 0.710. The van der Waals surface area contributed by atoms with Crippen LogP contribution >= 0.6 is 0 Å². The number of benzene rings is 1. The Morgan fingerprint density at radius 1 is 1.20 bits per heavy atom. The third-order valence-corrected chi connectivity index (χ3v) is 8.25. The number of piperidine rings is 1. The molecule has 35 heavy (non-hydrogen) atoms. The number of rotatable bonds is 4. The number of amides is 1. The highest BCUT2D eigenvalue weighted by molar-refractivity contribution is 6.05. The second-order valence-electron chi connectivity index (χ2n) is 10.1. The number of methoxy groups -OCH3 is 1. The SMILES string of the molecule is COc1ccc2c(c1)CC1(CCN([C@H]3CCN(Cc4nc5c(c(=O)[nH]4)COCC5)C3=O)CC1)C2=O. The number of nitrogens with zero attached hydrogens (tertiary/aromatic N) is 3. The van der Waals surface area contributed by atoms with Crippen molar-refractivity contribution in [2.45, 2.75) is 51.3 Å². The van der Waals surface area contributed by atoms with Crippen LogP contribution in [-0.4, -0.2) is 70.9 Å². The van der Waals surface area contributed by atoms with Crippen LogP contribution in [0.4, 0.5) is 0 Å². The van der Waals surface area contributed by atoms with Crippen LogP contribution in [0, 0.1) is 5.41 Å². The predicted molar refractivity (Wildman–Crippen MR) is 126 cm³/mol. The number of carbonyl (C=O) groups is 2. The van der Waals surface area contributed by atoms with Crippen molar-refractivity contribution in [3.8, 4) is 5.75 Å². The Kier molecular flexibility index (Phi) is 5.49. The van der Waals surface area contributed by atoms with Gasteiger partial charge in [0.2, 0.25) is 5.91 Å². The number of aromatic nitrogens is 2. The fourth-order valence-corrected chi connectivity index (χ4v) is 6.23. The molecule has 9 nitrogen and oxygen atoms in total. The van der Waals surface area contributed by atoms with Crippen LogP contribution in [0.3, 0.4) is 0 Å². The van der Waals surface area contributed by atoms with Gasteiger partial charge in [-0.1, -0.05) is 0 Å². The van der Waals surface area contributed by atoms with Crippen molar-refractivity contribution < 1.29 is 19.1 Å². The molecule has 184 valence electrons. The summed E-state index contributed by atoms with van der Waals surface area (Å²) in [4.78, 5) is 50.4. The van der Waals surface area contributed by atoms with E-state index in [1.54, 1.807) is 12.0 Å². The van der Waals surface area contributed by atoms with Gasteiger partial charge in [-0.25, -0.2) is 4.98 Å². The minimum Gasteiger partial charge on any atom is -0.497 e. The molecule has 4 aliphatic rings. The van der Waals surface area contributed by atoms with Gasteiger partial charge in [0.15, 0.2) is 5.78 Å². The van der Waals surface area contributed by atoms with Crippen LogP contribution in [0.1, 0.15) is 52.3 Å². The average Bonchev–Trinajstić information content (AvgIpc) is 3.36. The van der Waals surface area contributed by atoms with Gasteiger partial charge in [0.1, 0.15) is 11.6 Å². The molecule has 1 atom stereocenters. The summed E-state index contributed by atoms with van der Waals surface area (Å²) in [6, 6.07) is 5.56. The molecule has 1 aromatic heterocycles. The Bertz CT molecular complexity index is 1250. The maximum absolute atomic E-state index is 13.3. The highest BCUT2D eigenvalue weighted by Crippen LogP contribution is 2.46. The summed E-state index contributed by atoms with van der Waals surface area (Å²) < 4.78 is 10.7. The lowest BCUT2D eigenvalue weighted by atomic mass is 9.75. The van der Waals surface area contributed by atoms with Gasteiger partial charge in [-0.15, -0.1) is 0 Å². The van der Waals surface area contributed by atoms with Crippen LogP contribution in [0.25, 0.3) is 0 Å². The van der Waals surface area contributed by atoms with Gasteiger partial charge < -0.3 is 19.4 Å². The van der Waals surface area contributed by atoms with E-state index in [0.717, 1.165) is 61.3 Å². The second-order valence-corrected chi connectivity index (χ2v) is 10.1. The van der Waals surface area contributed by atoms with Gasteiger partial charge in [0.25, 0.3) is 5.56 Å². The molecule has 1 aromatic carbocycles. The lowest BCUT2D eigenvalue weighted by Gasteiger charge is -2.40. The lowest BCUT2D eigenvalue weighted by Crippen LogP contribution is -2.49. The lowest BCUT2D eigenvalue weighted by molar-refractivity contribution is -0.133. The van der Waals surface area contributed by atoms with E-state index in [2.05, 4.69) is 14.9 Å².